The Balaban J connectivity index is 2.71. The summed E-state index contributed by atoms with van der Waals surface area (Å²) < 4.78 is 0. The van der Waals surface area contributed by atoms with E-state index in [2.05, 4.69) is 10.3 Å². The number of thiocarbonyl (C=S) groups is 1. The molecule has 0 amide bonds. The van der Waals surface area contributed by atoms with Crippen LogP contribution in [0.15, 0.2) is 35.3 Å². The molecule has 0 aromatic heterocycles. The van der Waals surface area contributed by atoms with Crippen molar-refractivity contribution >= 4 is 39.9 Å². The van der Waals surface area contributed by atoms with Gasteiger partial charge in [0.25, 0.3) is 0 Å². The average molecular weight is 239 g/mol. The van der Waals surface area contributed by atoms with Crippen LogP contribution in [0.2, 0.25) is 0 Å². The molecule has 15 heavy (non-hydrogen) atoms. The number of hydrogen-bond acceptors (Lipinski definition) is 2. The number of benzene rings is 1. The summed E-state index contributed by atoms with van der Waals surface area (Å²) in [6, 6.07) is 9.80. The molecule has 0 saturated carbocycles. The number of hydrogen-bond donors (Lipinski definition) is 2. The third-order valence-corrected chi connectivity index (χ3v) is 2.36. The normalized spacial score (nSPS) is 11.1. The lowest BCUT2D eigenvalue weighted by Gasteiger charge is -2.07. The smallest absolute Gasteiger partial charge is 0.192 e. The van der Waals surface area contributed by atoms with Gasteiger partial charge >= 0.3 is 0 Å². The number of aliphatic imine (C=N–C) groups is 1. The van der Waals surface area contributed by atoms with Crippen LogP contribution in [-0.4, -0.2) is 16.0 Å². The van der Waals surface area contributed by atoms with Crippen molar-refractivity contribution in [1.82, 2.24) is 0 Å². The molecule has 80 valence electrons. The van der Waals surface area contributed by atoms with Gasteiger partial charge in [0.2, 0.25) is 0 Å². The summed E-state index contributed by atoms with van der Waals surface area (Å²) in [7, 11) is 0. The molecule has 5 heteroatoms. The largest absolute Gasteiger partial charge is 0.374 e. The molecule has 3 nitrogen and oxygen atoms in total. The van der Waals surface area contributed by atoms with Crippen molar-refractivity contribution in [3.05, 3.63) is 30.3 Å². The second-order valence-corrected chi connectivity index (χ2v) is 4.35. The van der Waals surface area contributed by atoms with Gasteiger partial charge in [-0.2, -0.15) is 4.99 Å². The van der Waals surface area contributed by atoms with Gasteiger partial charge in [0.15, 0.2) is 10.3 Å². The first-order chi connectivity index (χ1) is 7.22. The van der Waals surface area contributed by atoms with Crippen LogP contribution in [0.4, 0.5) is 5.69 Å². The highest BCUT2D eigenvalue weighted by Gasteiger charge is 1.99. The summed E-state index contributed by atoms with van der Waals surface area (Å²) in [4.78, 5) is 4.04. The number of thioether (sulfide) groups is 1. The summed E-state index contributed by atoms with van der Waals surface area (Å²) in [5.41, 5.74) is 6.35. The number of nitrogens with zero attached hydrogens (tertiary/aromatic N) is 1. The van der Waals surface area contributed by atoms with Crippen LogP contribution >= 0.6 is 24.0 Å². The van der Waals surface area contributed by atoms with E-state index in [1.165, 1.54) is 0 Å². The van der Waals surface area contributed by atoms with Gasteiger partial charge in [0.05, 0.1) is 0 Å². The van der Waals surface area contributed by atoms with Crippen LogP contribution in [0, 0.1) is 0 Å². The Kier molecular flexibility index (Phi) is 5.14. The first kappa shape index (κ1) is 12.0. The van der Waals surface area contributed by atoms with Crippen LogP contribution in [-0.2, 0) is 0 Å². The van der Waals surface area contributed by atoms with E-state index in [1.807, 2.05) is 37.3 Å². The van der Waals surface area contributed by atoms with Gasteiger partial charge in [0, 0.05) is 5.69 Å². The lowest BCUT2D eigenvalue weighted by atomic mass is 10.3. The van der Waals surface area contributed by atoms with E-state index >= 15 is 0 Å². The highest BCUT2D eigenvalue weighted by Crippen LogP contribution is 2.10. The molecule has 0 saturated heterocycles. The van der Waals surface area contributed by atoms with E-state index < -0.39 is 0 Å². The minimum atomic E-state index is 0.148. The van der Waals surface area contributed by atoms with E-state index in [1.54, 1.807) is 11.8 Å². The molecule has 0 bridgehead atoms. The summed E-state index contributed by atoms with van der Waals surface area (Å²) in [5.74, 6) is 0.918. The van der Waals surface area contributed by atoms with Gasteiger partial charge in [-0.1, -0.05) is 36.9 Å². The average Bonchev–Trinajstić information content (AvgIpc) is 2.18. The van der Waals surface area contributed by atoms with Crippen molar-refractivity contribution < 1.29 is 0 Å². The second kappa shape index (κ2) is 6.42. The van der Waals surface area contributed by atoms with Crippen molar-refractivity contribution in [2.24, 2.45) is 10.7 Å². The van der Waals surface area contributed by atoms with Crippen LogP contribution < -0.4 is 11.1 Å². The van der Waals surface area contributed by atoms with Gasteiger partial charge < -0.3 is 11.1 Å². The predicted molar refractivity (Wildman–Crippen MR) is 72.4 cm³/mol. The van der Waals surface area contributed by atoms with Crippen molar-refractivity contribution in [2.75, 3.05) is 11.1 Å². The van der Waals surface area contributed by atoms with Gasteiger partial charge in [-0.25, -0.2) is 0 Å². The molecule has 3 N–H and O–H groups in total. The maximum absolute atomic E-state index is 5.37. The fraction of sp³-hybridized carbons (Fsp3) is 0.200. The van der Waals surface area contributed by atoms with E-state index in [0.29, 0.717) is 0 Å². The molecular formula is C10H13N3S2. The quantitative estimate of drug-likeness (QED) is 0.473. The van der Waals surface area contributed by atoms with E-state index in [-0.39, 0.29) is 5.11 Å². The molecule has 0 unspecified atom stereocenters. The predicted octanol–water partition coefficient (Wildman–Crippen LogP) is 2.45. The lowest BCUT2D eigenvalue weighted by Crippen LogP contribution is -2.14. The van der Waals surface area contributed by atoms with Gasteiger partial charge in [0.1, 0.15) is 0 Å². The van der Waals surface area contributed by atoms with E-state index in [9.17, 15) is 0 Å². The Labute approximate surface area is 99.2 Å². The molecule has 0 aliphatic heterocycles. The van der Waals surface area contributed by atoms with Gasteiger partial charge in [-0.15, -0.1) is 0 Å². The number of nitrogens with two attached hydrogens (primary N) is 1. The molecule has 1 aromatic rings. The van der Waals surface area contributed by atoms with E-state index in [0.717, 1.165) is 16.6 Å². The minimum absolute atomic E-state index is 0.148. The Morgan fingerprint density at radius 3 is 2.67 bits per heavy atom. The van der Waals surface area contributed by atoms with Crippen LogP contribution in [0.25, 0.3) is 0 Å². The standard InChI is InChI=1S/C10H13N3S2/c1-2-15-10(13-9(11)14)12-8-6-4-3-5-7-8/h3-7H,2H2,1H3,(H3,11,12,13,14). The Morgan fingerprint density at radius 1 is 1.47 bits per heavy atom. The maximum Gasteiger partial charge on any atom is 0.192 e. The Morgan fingerprint density at radius 2 is 2.13 bits per heavy atom. The monoisotopic (exact) mass is 239 g/mol. The molecule has 0 fully saturated rings. The molecule has 0 heterocycles. The van der Waals surface area contributed by atoms with Crippen molar-refractivity contribution in [3.8, 4) is 0 Å². The number of rotatable bonds is 2. The zero-order valence-electron chi connectivity index (χ0n) is 8.43. The van der Waals surface area contributed by atoms with Crippen LogP contribution in [0.3, 0.4) is 0 Å². The molecule has 1 rings (SSSR count). The number of nitrogens with one attached hydrogen (secondary N) is 1. The summed E-state index contributed by atoms with van der Waals surface area (Å²) >= 11 is 6.31. The molecule has 0 radical (unpaired) electrons. The topological polar surface area (TPSA) is 50.4 Å². The number of anilines is 1. The second-order valence-electron chi connectivity index (χ2n) is 2.68. The molecule has 0 aliphatic carbocycles. The zero-order chi connectivity index (χ0) is 11.1. The first-order valence-electron chi connectivity index (χ1n) is 4.55. The fourth-order valence-electron chi connectivity index (χ4n) is 0.978. The summed E-state index contributed by atoms with van der Waals surface area (Å²) in [5, 5.41) is 4.04. The van der Waals surface area contributed by atoms with Gasteiger partial charge in [-0.3, -0.25) is 0 Å². The van der Waals surface area contributed by atoms with Crippen LogP contribution in [0.1, 0.15) is 6.92 Å². The number of para-hydroxylation sites is 1. The third-order valence-electron chi connectivity index (χ3n) is 1.52. The summed E-state index contributed by atoms with van der Waals surface area (Å²) in [6.07, 6.45) is 0. The maximum atomic E-state index is 5.37. The molecular weight excluding hydrogens is 226 g/mol. The molecule has 1 aromatic carbocycles. The highest BCUT2D eigenvalue weighted by atomic mass is 32.2. The minimum Gasteiger partial charge on any atom is -0.374 e. The summed E-state index contributed by atoms with van der Waals surface area (Å²) in [6.45, 7) is 2.05. The van der Waals surface area contributed by atoms with Crippen molar-refractivity contribution in [1.29, 1.82) is 0 Å². The number of amidine groups is 1. The lowest BCUT2D eigenvalue weighted by molar-refractivity contribution is 1.53. The van der Waals surface area contributed by atoms with E-state index in [4.69, 9.17) is 18.0 Å². The SMILES string of the molecule is CCS/C(=N\C(N)=S)Nc1ccccc1. The highest BCUT2D eigenvalue weighted by molar-refractivity contribution is 8.14. The molecule has 0 spiro atoms. The zero-order valence-corrected chi connectivity index (χ0v) is 10.1. The van der Waals surface area contributed by atoms with Gasteiger partial charge in [-0.05, 0) is 30.1 Å². The molecule has 0 atom stereocenters. The van der Waals surface area contributed by atoms with Crippen molar-refractivity contribution in [2.45, 2.75) is 6.92 Å². The Bertz CT molecular complexity index is 349. The molecule has 0 aliphatic rings. The third kappa shape index (κ3) is 4.80. The fourth-order valence-corrected chi connectivity index (χ4v) is 1.75. The first-order valence-corrected chi connectivity index (χ1v) is 5.94. The van der Waals surface area contributed by atoms with Crippen molar-refractivity contribution in [3.63, 3.8) is 0 Å². The van der Waals surface area contributed by atoms with Crippen LogP contribution in [0.5, 0.6) is 0 Å². The Hall–Kier alpha value is -1.07.